The minimum absolute atomic E-state index is 0.0989. The van der Waals surface area contributed by atoms with Gasteiger partial charge in [0.05, 0.1) is 11.0 Å². The van der Waals surface area contributed by atoms with E-state index in [0.717, 1.165) is 17.1 Å². The molecule has 0 saturated carbocycles. The van der Waals surface area contributed by atoms with Gasteiger partial charge in [-0.3, -0.25) is 11.3 Å². The van der Waals surface area contributed by atoms with Crippen LogP contribution in [0.4, 0.5) is 5.69 Å². The Kier molecular flexibility index (Phi) is 4.52. The molecule has 1 aromatic heterocycles. The molecule has 0 spiro atoms. The summed E-state index contributed by atoms with van der Waals surface area (Å²) in [5.41, 5.74) is 6.31. The number of hydrazine groups is 1. The van der Waals surface area contributed by atoms with E-state index in [1.54, 1.807) is 11.3 Å². The van der Waals surface area contributed by atoms with Gasteiger partial charge in [0.1, 0.15) is 0 Å². The quantitative estimate of drug-likeness (QED) is 0.650. The van der Waals surface area contributed by atoms with Crippen molar-refractivity contribution in [3.8, 4) is 0 Å². The van der Waals surface area contributed by atoms with Gasteiger partial charge < -0.3 is 4.90 Å². The molecule has 1 atom stereocenters. The number of nitrogens with two attached hydrogens (primary N) is 1. The standard InChI is InChI=1S/C14H20N4S/c1-10-9-19-14(16-10)8-13(17-15)11-4-6-12(7-5-11)18(2)3/h4-7,9,13,17H,8,15H2,1-3H3. The highest BCUT2D eigenvalue weighted by atomic mass is 32.1. The SMILES string of the molecule is Cc1csc(CC(NN)c2ccc(N(C)C)cc2)n1. The van der Waals surface area contributed by atoms with Crippen molar-refractivity contribution in [3.05, 3.63) is 45.9 Å². The Bertz CT molecular complexity index is 518. The van der Waals surface area contributed by atoms with Crippen LogP contribution in [0.15, 0.2) is 29.6 Å². The summed E-state index contributed by atoms with van der Waals surface area (Å²) in [6, 6.07) is 8.53. The van der Waals surface area contributed by atoms with Crippen LogP contribution in [0.3, 0.4) is 0 Å². The van der Waals surface area contributed by atoms with E-state index in [9.17, 15) is 0 Å². The smallest absolute Gasteiger partial charge is 0.0947 e. The molecular weight excluding hydrogens is 256 g/mol. The Morgan fingerprint density at radius 3 is 2.47 bits per heavy atom. The molecule has 19 heavy (non-hydrogen) atoms. The van der Waals surface area contributed by atoms with E-state index in [4.69, 9.17) is 5.84 Å². The molecule has 0 aliphatic heterocycles. The number of aryl methyl sites for hydroxylation is 1. The number of anilines is 1. The zero-order chi connectivity index (χ0) is 13.8. The monoisotopic (exact) mass is 276 g/mol. The van der Waals surface area contributed by atoms with Gasteiger partial charge in [0.15, 0.2) is 0 Å². The van der Waals surface area contributed by atoms with Gasteiger partial charge in [0.2, 0.25) is 0 Å². The molecule has 4 nitrogen and oxygen atoms in total. The number of rotatable bonds is 5. The third-order valence-corrected chi connectivity index (χ3v) is 4.05. The van der Waals surface area contributed by atoms with Crippen molar-refractivity contribution in [3.63, 3.8) is 0 Å². The zero-order valence-corrected chi connectivity index (χ0v) is 12.4. The maximum atomic E-state index is 5.67. The van der Waals surface area contributed by atoms with Crippen LogP contribution >= 0.6 is 11.3 Å². The first kappa shape index (κ1) is 14.0. The minimum atomic E-state index is 0.0989. The van der Waals surface area contributed by atoms with Crippen LogP contribution in [-0.4, -0.2) is 19.1 Å². The third kappa shape index (κ3) is 3.53. The second-order valence-electron chi connectivity index (χ2n) is 4.79. The number of thiazole rings is 1. The van der Waals surface area contributed by atoms with Crippen LogP contribution < -0.4 is 16.2 Å². The van der Waals surface area contributed by atoms with Gasteiger partial charge in [0, 0.05) is 37.3 Å². The highest BCUT2D eigenvalue weighted by molar-refractivity contribution is 7.09. The van der Waals surface area contributed by atoms with E-state index < -0.39 is 0 Å². The third-order valence-electron chi connectivity index (χ3n) is 3.06. The lowest BCUT2D eigenvalue weighted by atomic mass is 10.0. The van der Waals surface area contributed by atoms with Crippen molar-refractivity contribution in [1.82, 2.24) is 10.4 Å². The number of hydrogen-bond donors (Lipinski definition) is 2. The fraction of sp³-hybridized carbons (Fsp3) is 0.357. The molecule has 1 heterocycles. The van der Waals surface area contributed by atoms with Gasteiger partial charge in [-0.15, -0.1) is 11.3 Å². The van der Waals surface area contributed by atoms with Crippen LogP contribution in [0, 0.1) is 6.92 Å². The molecule has 0 saturated heterocycles. The van der Waals surface area contributed by atoms with Crippen molar-refractivity contribution in [1.29, 1.82) is 0 Å². The average Bonchev–Trinajstić information content (AvgIpc) is 2.81. The van der Waals surface area contributed by atoms with E-state index in [-0.39, 0.29) is 6.04 Å². The minimum Gasteiger partial charge on any atom is -0.378 e. The predicted octanol–water partition coefficient (Wildman–Crippen LogP) is 2.26. The van der Waals surface area contributed by atoms with Crippen molar-refractivity contribution in [2.24, 2.45) is 5.84 Å². The molecule has 0 amide bonds. The highest BCUT2D eigenvalue weighted by Crippen LogP contribution is 2.22. The first-order valence-corrected chi connectivity index (χ1v) is 7.12. The van der Waals surface area contributed by atoms with E-state index in [1.165, 1.54) is 11.3 Å². The van der Waals surface area contributed by atoms with Crippen LogP contribution in [0.25, 0.3) is 0 Å². The van der Waals surface area contributed by atoms with Crippen molar-refractivity contribution < 1.29 is 0 Å². The second kappa shape index (κ2) is 6.14. The van der Waals surface area contributed by atoms with Crippen molar-refractivity contribution in [2.75, 3.05) is 19.0 Å². The average molecular weight is 276 g/mol. The Balaban J connectivity index is 2.12. The fourth-order valence-electron chi connectivity index (χ4n) is 1.95. The van der Waals surface area contributed by atoms with E-state index in [2.05, 4.69) is 45.0 Å². The predicted molar refractivity (Wildman–Crippen MR) is 81.4 cm³/mol. The summed E-state index contributed by atoms with van der Waals surface area (Å²) < 4.78 is 0. The molecule has 5 heteroatoms. The molecule has 1 unspecified atom stereocenters. The lowest BCUT2D eigenvalue weighted by Gasteiger charge is -2.17. The number of aromatic nitrogens is 1. The Morgan fingerprint density at radius 1 is 1.32 bits per heavy atom. The van der Waals surface area contributed by atoms with Gasteiger partial charge in [-0.25, -0.2) is 4.98 Å². The fourth-order valence-corrected chi connectivity index (χ4v) is 2.77. The maximum absolute atomic E-state index is 5.67. The zero-order valence-electron chi connectivity index (χ0n) is 11.6. The molecule has 2 rings (SSSR count). The first-order chi connectivity index (χ1) is 9.10. The summed E-state index contributed by atoms with van der Waals surface area (Å²) in [5, 5.41) is 3.18. The molecule has 102 valence electrons. The molecule has 0 bridgehead atoms. The van der Waals surface area contributed by atoms with Gasteiger partial charge in [-0.2, -0.15) is 0 Å². The molecule has 0 aliphatic rings. The van der Waals surface area contributed by atoms with E-state index in [1.807, 2.05) is 21.0 Å². The summed E-state index contributed by atoms with van der Waals surface area (Å²) in [5.74, 6) is 5.67. The molecule has 0 fully saturated rings. The van der Waals surface area contributed by atoms with Crippen LogP contribution in [0.5, 0.6) is 0 Å². The number of benzene rings is 1. The molecular formula is C14H20N4S. The summed E-state index contributed by atoms with van der Waals surface area (Å²) in [6.07, 6.45) is 0.816. The highest BCUT2D eigenvalue weighted by Gasteiger charge is 2.12. The lowest BCUT2D eigenvalue weighted by Crippen LogP contribution is -2.29. The van der Waals surface area contributed by atoms with E-state index >= 15 is 0 Å². The lowest BCUT2D eigenvalue weighted by molar-refractivity contribution is 0.550. The normalized spacial score (nSPS) is 12.4. The molecule has 2 aromatic rings. The van der Waals surface area contributed by atoms with Gasteiger partial charge in [0.25, 0.3) is 0 Å². The largest absolute Gasteiger partial charge is 0.378 e. The summed E-state index contributed by atoms with van der Waals surface area (Å²) in [4.78, 5) is 6.57. The van der Waals surface area contributed by atoms with Crippen LogP contribution in [0.1, 0.15) is 22.3 Å². The molecule has 0 aliphatic carbocycles. The molecule has 1 aromatic carbocycles. The van der Waals surface area contributed by atoms with E-state index in [0.29, 0.717) is 0 Å². The summed E-state index contributed by atoms with van der Waals surface area (Å²) in [6.45, 7) is 2.01. The van der Waals surface area contributed by atoms with Crippen molar-refractivity contribution in [2.45, 2.75) is 19.4 Å². The Labute approximate surface area is 118 Å². The summed E-state index contributed by atoms with van der Waals surface area (Å²) in [7, 11) is 4.07. The van der Waals surface area contributed by atoms with Crippen molar-refractivity contribution >= 4 is 17.0 Å². The van der Waals surface area contributed by atoms with Crippen LogP contribution in [0.2, 0.25) is 0 Å². The van der Waals surface area contributed by atoms with Gasteiger partial charge in [-0.1, -0.05) is 12.1 Å². The summed E-state index contributed by atoms with van der Waals surface area (Å²) >= 11 is 1.68. The molecule has 3 N–H and O–H groups in total. The van der Waals surface area contributed by atoms with Crippen LogP contribution in [-0.2, 0) is 6.42 Å². The van der Waals surface area contributed by atoms with Gasteiger partial charge in [-0.05, 0) is 24.6 Å². The Hall–Kier alpha value is -1.43. The Morgan fingerprint density at radius 2 is 2.00 bits per heavy atom. The topological polar surface area (TPSA) is 54.2 Å². The van der Waals surface area contributed by atoms with Gasteiger partial charge >= 0.3 is 0 Å². The molecule has 0 radical (unpaired) electrons. The maximum Gasteiger partial charge on any atom is 0.0947 e. The number of nitrogens with zero attached hydrogens (tertiary/aromatic N) is 2. The first-order valence-electron chi connectivity index (χ1n) is 6.24. The number of hydrogen-bond acceptors (Lipinski definition) is 5. The number of nitrogens with one attached hydrogen (secondary N) is 1. The second-order valence-corrected chi connectivity index (χ2v) is 5.73.